The Morgan fingerprint density at radius 3 is 2.34 bits per heavy atom. The van der Waals surface area contributed by atoms with Gasteiger partial charge in [-0.25, -0.2) is 18.4 Å². The first-order chi connectivity index (χ1) is 25.4. The normalized spacial score (nSPS) is 13.0. The highest BCUT2D eigenvalue weighted by atomic mass is 19.4. The Morgan fingerprint density at radius 2 is 1.64 bits per heavy atom. The number of benzene rings is 3. The fraction of sp³-hybridized carbons (Fsp3) is 0.167. The zero-order chi connectivity index (χ0) is 37.7. The Kier molecular flexibility index (Phi) is 10.4. The smallest absolute Gasteiger partial charge is 0.434 e. The van der Waals surface area contributed by atoms with Crippen LogP contribution < -0.4 is 15.4 Å². The number of piperazine rings is 1. The Hall–Kier alpha value is -6.65. The summed E-state index contributed by atoms with van der Waals surface area (Å²) in [5.41, 5.74) is -1.24. The highest BCUT2D eigenvalue weighted by molar-refractivity contribution is 6.05. The third kappa shape index (κ3) is 8.63. The minimum Gasteiger partial charge on any atom is -0.436 e. The molecule has 0 aliphatic carbocycles. The van der Waals surface area contributed by atoms with Gasteiger partial charge >= 0.3 is 6.18 Å². The van der Waals surface area contributed by atoms with Gasteiger partial charge < -0.3 is 25.2 Å². The maximum absolute atomic E-state index is 15.1. The minimum absolute atomic E-state index is 0.0541. The molecule has 12 nitrogen and oxygen atoms in total. The number of halogens is 5. The molecule has 53 heavy (non-hydrogen) atoms. The summed E-state index contributed by atoms with van der Waals surface area (Å²) in [6.07, 6.45) is -1.55. The van der Waals surface area contributed by atoms with E-state index in [1.807, 2.05) is 0 Å². The van der Waals surface area contributed by atoms with Crippen LogP contribution in [0.3, 0.4) is 0 Å². The average molecular weight is 733 g/mol. The summed E-state index contributed by atoms with van der Waals surface area (Å²) in [5.74, 6) is -3.35. The summed E-state index contributed by atoms with van der Waals surface area (Å²) in [6, 6.07) is 15.7. The van der Waals surface area contributed by atoms with Crippen molar-refractivity contribution in [3.63, 3.8) is 0 Å². The largest absolute Gasteiger partial charge is 0.436 e. The van der Waals surface area contributed by atoms with Crippen molar-refractivity contribution in [3.8, 4) is 17.3 Å². The molecule has 272 valence electrons. The third-order valence-corrected chi connectivity index (χ3v) is 8.05. The zero-order valence-corrected chi connectivity index (χ0v) is 27.6. The molecule has 0 radical (unpaired) electrons. The van der Waals surface area contributed by atoms with E-state index in [0.717, 1.165) is 42.0 Å². The lowest BCUT2D eigenvalue weighted by atomic mass is 10.1. The number of ether oxygens (including phenoxy) is 1. The molecule has 0 saturated carbocycles. The number of rotatable bonds is 10. The van der Waals surface area contributed by atoms with Gasteiger partial charge in [-0.3, -0.25) is 14.4 Å². The molecule has 2 N–H and O–H groups in total. The zero-order valence-electron chi connectivity index (χ0n) is 27.6. The summed E-state index contributed by atoms with van der Waals surface area (Å²) in [5, 5.41) is 8.92. The number of aromatic nitrogens is 4. The van der Waals surface area contributed by atoms with Crippen LogP contribution in [0.4, 0.5) is 39.3 Å². The second-order valence-corrected chi connectivity index (χ2v) is 11.6. The summed E-state index contributed by atoms with van der Waals surface area (Å²) in [4.78, 5) is 49.4. The number of anilines is 3. The Bertz CT molecular complexity index is 2170. The van der Waals surface area contributed by atoms with Crippen LogP contribution in [-0.2, 0) is 22.2 Å². The van der Waals surface area contributed by atoms with Gasteiger partial charge in [-0.15, -0.1) is 0 Å². The van der Waals surface area contributed by atoms with Gasteiger partial charge in [-0.2, -0.15) is 23.3 Å². The molecule has 1 aliphatic heterocycles. The van der Waals surface area contributed by atoms with Crippen LogP contribution in [0.5, 0.6) is 11.6 Å². The molecule has 1 aliphatic rings. The number of hydrogen-bond acceptors (Lipinski definition) is 8. The molecule has 0 bridgehead atoms. The van der Waals surface area contributed by atoms with Crippen molar-refractivity contribution >= 4 is 35.0 Å². The molecule has 5 aromatic rings. The molecule has 0 atom stereocenters. The van der Waals surface area contributed by atoms with Gasteiger partial charge in [0.2, 0.25) is 23.6 Å². The number of nitrogens with one attached hydrogen (secondary N) is 2. The van der Waals surface area contributed by atoms with Gasteiger partial charge in [-0.1, -0.05) is 18.7 Å². The van der Waals surface area contributed by atoms with E-state index >= 15 is 4.39 Å². The van der Waals surface area contributed by atoms with Gasteiger partial charge in [0.15, 0.2) is 17.3 Å². The lowest BCUT2D eigenvalue weighted by molar-refractivity contribution is -0.143. The van der Waals surface area contributed by atoms with Gasteiger partial charge in [0, 0.05) is 55.9 Å². The predicted octanol–water partition coefficient (Wildman–Crippen LogP) is 6.15. The number of amides is 3. The van der Waals surface area contributed by atoms with Crippen molar-refractivity contribution < 1.29 is 41.1 Å². The van der Waals surface area contributed by atoms with E-state index < -0.39 is 35.0 Å². The molecule has 1 fully saturated rings. The van der Waals surface area contributed by atoms with Gasteiger partial charge in [0.05, 0.1) is 23.9 Å². The highest BCUT2D eigenvalue weighted by Gasteiger charge is 2.40. The van der Waals surface area contributed by atoms with Crippen molar-refractivity contribution in [2.24, 2.45) is 0 Å². The molecule has 6 rings (SSSR count). The number of alkyl halides is 3. The summed E-state index contributed by atoms with van der Waals surface area (Å²) >= 11 is 0. The quantitative estimate of drug-likeness (QED) is 0.129. The average Bonchev–Trinajstić information content (AvgIpc) is 3.60. The van der Waals surface area contributed by atoms with E-state index in [1.165, 1.54) is 24.4 Å². The van der Waals surface area contributed by atoms with Crippen molar-refractivity contribution in [3.05, 3.63) is 126 Å². The van der Waals surface area contributed by atoms with Gasteiger partial charge in [0.1, 0.15) is 5.82 Å². The molecule has 0 unspecified atom stereocenters. The van der Waals surface area contributed by atoms with E-state index in [2.05, 4.69) is 32.3 Å². The number of carbonyl (C=O) groups excluding carboxylic acids is 3. The second-order valence-electron chi connectivity index (χ2n) is 11.6. The van der Waals surface area contributed by atoms with E-state index in [4.69, 9.17) is 4.74 Å². The highest BCUT2D eigenvalue weighted by Crippen LogP contribution is 2.34. The maximum atomic E-state index is 15.1. The van der Waals surface area contributed by atoms with Crippen molar-refractivity contribution in [2.75, 3.05) is 36.8 Å². The topological polar surface area (TPSA) is 135 Å². The van der Waals surface area contributed by atoms with E-state index in [-0.39, 0.29) is 47.2 Å². The molecule has 3 aromatic carbocycles. The fourth-order valence-electron chi connectivity index (χ4n) is 5.48. The maximum Gasteiger partial charge on any atom is 0.434 e. The first kappa shape index (κ1) is 36.2. The Balaban J connectivity index is 1.08. The molecule has 17 heteroatoms. The number of hydrogen-bond donors (Lipinski definition) is 2. The third-order valence-electron chi connectivity index (χ3n) is 8.05. The first-order valence-electron chi connectivity index (χ1n) is 16.0. The number of carbonyl (C=O) groups is 3. The minimum atomic E-state index is -5.01. The van der Waals surface area contributed by atoms with Crippen LogP contribution in [-0.4, -0.2) is 73.4 Å². The van der Waals surface area contributed by atoms with Gasteiger partial charge in [0.25, 0.3) is 5.91 Å². The summed E-state index contributed by atoms with van der Waals surface area (Å²) in [7, 11) is 0. The summed E-state index contributed by atoms with van der Waals surface area (Å²) in [6.45, 7) is 5.19. The van der Waals surface area contributed by atoms with Crippen LogP contribution in [0.2, 0.25) is 0 Å². The Morgan fingerprint density at radius 1 is 0.906 bits per heavy atom. The lowest BCUT2D eigenvalue weighted by Crippen LogP contribution is -2.50. The lowest BCUT2D eigenvalue weighted by Gasteiger charge is -2.34. The van der Waals surface area contributed by atoms with E-state index in [0.29, 0.717) is 42.7 Å². The standard InChI is InChI=1S/C36H29F5N8O4/c1-2-31(50)47-14-16-48(17-15-47)32(51)19-22-4-3-5-24(18-22)45-35-42-13-12-30(46-35)53-29-11-8-25(20-28(29)38)44-34(52)27-21-43-49(33(27)36(39,40)41)26-9-6-23(37)7-10-26/h2-13,18,20-21H,1,14-17,19H2,(H,44,52)(H,42,45,46). The second kappa shape index (κ2) is 15.3. The number of nitrogens with zero attached hydrogens (tertiary/aromatic N) is 6. The van der Waals surface area contributed by atoms with Crippen LogP contribution in [0.1, 0.15) is 21.6 Å². The van der Waals surface area contributed by atoms with Crippen LogP contribution in [0.15, 0.2) is 97.8 Å². The monoisotopic (exact) mass is 732 g/mol. The molecular formula is C36H29F5N8O4. The van der Waals surface area contributed by atoms with Crippen molar-refractivity contribution in [2.45, 2.75) is 12.6 Å². The molecule has 2 aromatic heterocycles. The first-order valence-corrected chi connectivity index (χ1v) is 16.0. The Labute approximate surface area is 298 Å². The van der Waals surface area contributed by atoms with Gasteiger partial charge in [-0.05, 0) is 60.2 Å². The van der Waals surface area contributed by atoms with Crippen LogP contribution in [0, 0.1) is 11.6 Å². The summed E-state index contributed by atoms with van der Waals surface area (Å²) < 4.78 is 76.5. The van der Waals surface area contributed by atoms with Crippen LogP contribution in [0.25, 0.3) is 5.69 Å². The van der Waals surface area contributed by atoms with E-state index in [9.17, 15) is 31.9 Å². The molecule has 3 amide bonds. The van der Waals surface area contributed by atoms with Crippen LogP contribution >= 0.6 is 0 Å². The molecule has 0 spiro atoms. The predicted molar refractivity (Wildman–Crippen MR) is 182 cm³/mol. The fourth-order valence-corrected chi connectivity index (χ4v) is 5.48. The van der Waals surface area contributed by atoms with Crippen molar-refractivity contribution in [1.29, 1.82) is 0 Å². The molecular weight excluding hydrogens is 703 g/mol. The molecule has 3 heterocycles. The van der Waals surface area contributed by atoms with Crippen molar-refractivity contribution in [1.82, 2.24) is 29.5 Å². The molecule has 1 saturated heterocycles. The SMILES string of the molecule is C=CC(=O)N1CCN(C(=O)Cc2cccc(Nc3nccc(Oc4ccc(NC(=O)c5cnn(-c6ccc(F)cc6)c5C(F)(F)F)cc4F)n3)c2)CC1. The van der Waals surface area contributed by atoms with E-state index in [1.54, 1.807) is 34.1 Å².